The van der Waals surface area contributed by atoms with E-state index in [4.69, 9.17) is 47.4 Å². The summed E-state index contributed by atoms with van der Waals surface area (Å²) in [5.41, 5.74) is 8.65. The molecule has 0 fully saturated rings. The maximum atomic E-state index is 5.99. The Hall–Kier alpha value is -5.90. The number of benzene rings is 5. The van der Waals surface area contributed by atoms with E-state index >= 15 is 0 Å². The van der Waals surface area contributed by atoms with Gasteiger partial charge in [0.15, 0.2) is 0 Å². The molecule has 0 radical (unpaired) electrons. The zero-order valence-electron chi connectivity index (χ0n) is 34.5. The largest absolute Gasteiger partial charge is 0.497 e. The summed E-state index contributed by atoms with van der Waals surface area (Å²) < 4.78 is 58.3. The average Bonchev–Trinajstić information content (AvgIpc) is 3.23. The summed E-state index contributed by atoms with van der Waals surface area (Å²) in [6.07, 6.45) is 2.94. The molecule has 0 amide bonds. The molecule has 0 unspecified atom stereocenters. The summed E-state index contributed by atoms with van der Waals surface area (Å²) in [6, 6.07) is 22.0. The van der Waals surface area contributed by atoms with E-state index in [1.165, 1.54) is 0 Å². The van der Waals surface area contributed by atoms with Crippen LogP contribution in [0.2, 0.25) is 0 Å². The Kier molecular flexibility index (Phi) is 14.1. The minimum Gasteiger partial charge on any atom is -0.497 e. The lowest BCUT2D eigenvalue weighted by Gasteiger charge is -2.20. The van der Waals surface area contributed by atoms with Crippen molar-refractivity contribution in [1.82, 2.24) is 0 Å². The van der Waals surface area contributed by atoms with Crippen LogP contribution in [0.5, 0.6) is 57.5 Å². The Morgan fingerprint density at radius 2 is 0.500 bits per heavy atom. The molecule has 0 aliphatic heterocycles. The second-order valence-corrected chi connectivity index (χ2v) is 13.1. The second kappa shape index (κ2) is 19.1. The Labute approximate surface area is 331 Å². The third kappa shape index (κ3) is 8.96. The van der Waals surface area contributed by atoms with E-state index < -0.39 is 0 Å². The maximum absolute atomic E-state index is 5.99. The van der Waals surface area contributed by atoms with Gasteiger partial charge in [-0.05, 0) is 78.7 Å². The summed E-state index contributed by atoms with van der Waals surface area (Å²) in [5, 5.41) is 0. The number of aryl methyl sites for hydroxylation is 1. The van der Waals surface area contributed by atoms with E-state index in [0.29, 0.717) is 37.2 Å². The number of ether oxygens (including phenoxy) is 10. The fraction of sp³-hybridized carbons (Fsp3) is 0.348. The fourth-order valence-electron chi connectivity index (χ4n) is 7.18. The van der Waals surface area contributed by atoms with Gasteiger partial charge in [-0.15, -0.1) is 0 Å². The fourth-order valence-corrected chi connectivity index (χ4v) is 7.18. The smallest absolute Gasteiger partial charge is 0.122 e. The van der Waals surface area contributed by atoms with E-state index in [9.17, 15) is 0 Å². The highest BCUT2D eigenvalue weighted by atomic mass is 16.5. The van der Waals surface area contributed by atoms with Crippen LogP contribution in [0.4, 0.5) is 0 Å². The van der Waals surface area contributed by atoms with Gasteiger partial charge in [0.1, 0.15) is 57.5 Å². The molecule has 0 aliphatic carbocycles. The van der Waals surface area contributed by atoms with Gasteiger partial charge < -0.3 is 47.4 Å². The van der Waals surface area contributed by atoms with Gasteiger partial charge in [-0.1, -0.05) is 6.92 Å². The summed E-state index contributed by atoms with van der Waals surface area (Å²) in [6.45, 7) is 2.10. The predicted octanol–water partition coefficient (Wildman–Crippen LogP) is 8.70. The molecule has 0 atom stereocenters. The van der Waals surface area contributed by atoms with E-state index in [-0.39, 0.29) is 0 Å². The minimum atomic E-state index is 0.501. The van der Waals surface area contributed by atoms with Crippen molar-refractivity contribution in [3.63, 3.8) is 0 Å². The van der Waals surface area contributed by atoms with Crippen molar-refractivity contribution in [3.05, 3.63) is 117 Å². The highest BCUT2D eigenvalue weighted by Crippen LogP contribution is 2.40. The van der Waals surface area contributed by atoms with Gasteiger partial charge >= 0.3 is 0 Å². The van der Waals surface area contributed by atoms with Crippen LogP contribution in [-0.4, -0.2) is 71.1 Å². The van der Waals surface area contributed by atoms with E-state index in [1.807, 2.05) is 66.7 Å². The monoisotopic (exact) mass is 766 g/mol. The molecule has 56 heavy (non-hydrogen) atoms. The minimum absolute atomic E-state index is 0.501. The molecule has 0 saturated carbocycles. The molecule has 0 heterocycles. The van der Waals surface area contributed by atoms with Crippen molar-refractivity contribution in [2.24, 2.45) is 0 Å². The van der Waals surface area contributed by atoms with Gasteiger partial charge in [0.2, 0.25) is 0 Å². The molecule has 298 valence electrons. The molecule has 5 aromatic carbocycles. The lowest BCUT2D eigenvalue weighted by atomic mass is 9.94. The molecule has 10 heteroatoms. The van der Waals surface area contributed by atoms with Crippen LogP contribution in [0.3, 0.4) is 0 Å². The van der Waals surface area contributed by atoms with Crippen LogP contribution in [0.1, 0.15) is 57.0 Å². The zero-order chi connectivity index (χ0) is 40.4. The van der Waals surface area contributed by atoms with Gasteiger partial charge in [-0.25, -0.2) is 0 Å². The zero-order valence-corrected chi connectivity index (χ0v) is 34.5. The molecule has 0 aliphatic rings. The van der Waals surface area contributed by atoms with E-state index in [2.05, 4.69) is 6.92 Å². The maximum Gasteiger partial charge on any atom is 0.122 e. The Bertz CT molecular complexity index is 2120. The number of hydrogen-bond acceptors (Lipinski definition) is 10. The Morgan fingerprint density at radius 3 is 0.732 bits per heavy atom. The molecular weight excluding hydrogens is 712 g/mol. The molecular formula is C46H54O10. The second-order valence-electron chi connectivity index (χ2n) is 13.1. The van der Waals surface area contributed by atoms with Gasteiger partial charge in [-0.3, -0.25) is 0 Å². The van der Waals surface area contributed by atoms with Crippen LogP contribution >= 0.6 is 0 Å². The summed E-state index contributed by atoms with van der Waals surface area (Å²) in [5.74, 6) is 7.48. The van der Waals surface area contributed by atoms with Crippen LogP contribution in [0.15, 0.2) is 66.7 Å². The predicted molar refractivity (Wildman–Crippen MR) is 218 cm³/mol. The summed E-state index contributed by atoms with van der Waals surface area (Å²) in [4.78, 5) is 0. The van der Waals surface area contributed by atoms with E-state index in [1.54, 1.807) is 71.1 Å². The van der Waals surface area contributed by atoms with Gasteiger partial charge in [0.25, 0.3) is 0 Å². The topological polar surface area (TPSA) is 92.3 Å². The molecule has 5 rings (SSSR count). The van der Waals surface area contributed by atoms with Crippen LogP contribution in [0.25, 0.3) is 0 Å². The SMILES string of the molecule is CCc1cc(OC)c(Cc2cc(OC)c(Cc3cc(OC)c(Cc4cc(OC)c(Cc5cc(OC)ccc5OC)cc4OC)cc3OC)cc2OC)cc1OC. The molecule has 5 aromatic rings. The standard InChI is InChI=1S/C46H54O10/c1-12-28-20-40(50-5)31(21-39(28)49-4)16-32-24-44(54-9)35(25-43(32)53-8)18-36-27-45(55-10)34(26-46(36)56-11)17-33-23-41(51-6)30(22-42(33)52-7)15-29-19-37(47-2)13-14-38(29)48-3/h13-14,19-27H,12,15-18H2,1-11H3. The van der Waals surface area contributed by atoms with E-state index in [0.717, 1.165) is 102 Å². The van der Waals surface area contributed by atoms with Crippen LogP contribution in [0, 0.1) is 0 Å². The normalized spacial score (nSPS) is 10.8. The van der Waals surface area contributed by atoms with Crippen molar-refractivity contribution in [2.75, 3.05) is 71.1 Å². The van der Waals surface area contributed by atoms with Gasteiger partial charge in [-0.2, -0.15) is 0 Å². The van der Waals surface area contributed by atoms with Crippen molar-refractivity contribution < 1.29 is 47.4 Å². The molecule has 0 N–H and O–H groups in total. The Balaban J connectivity index is 1.47. The lowest BCUT2D eigenvalue weighted by Crippen LogP contribution is -2.05. The van der Waals surface area contributed by atoms with Crippen LogP contribution in [-0.2, 0) is 32.1 Å². The first-order chi connectivity index (χ1) is 27.2. The van der Waals surface area contributed by atoms with Gasteiger partial charge in [0.05, 0.1) is 71.1 Å². The first kappa shape index (κ1) is 41.3. The molecule has 0 saturated heterocycles. The van der Waals surface area contributed by atoms with Crippen molar-refractivity contribution >= 4 is 0 Å². The third-order valence-electron chi connectivity index (χ3n) is 10.1. The molecule has 10 nitrogen and oxygen atoms in total. The lowest BCUT2D eigenvalue weighted by molar-refractivity contribution is 0.388. The number of hydrogen-bond donors (Lipinski definition) is 0. The van der Waals surface area contributed by atoms with Crippen LogP contribution < -0.4 is 47.4 Å². The molecule has 0 bridgehead atoms. The number of methoxy groups -OCH3 is 10. The summed E-state index contributed by atoms with van der Waals surface area (Å²) >= 11 is 0. The van der Waals surface area contributed by atoms with Crippen molar-refractivity contribution in [1.29, 1.82) is 0 Å². The highest BCUT2D eigenvalue weighted by molar-refractivity contribution is 5.58. The first-order valence-electron chi connectivity index (χ1n) is 18.4. The van der Waals surface area contributed by atoms with Gasteiger partial charge in [0, 0.05) is 70.2 Å². The number of rotatable bonds is 19. The molecule has 0 aromatic heterocycles. The quantitative estimate of drug-likeness (QED) is 0.0813. The highest BCUT2D eigenvalue weighted by Gasteiger charge is 2.21. The summed E-state index contributed by atoms with van der Waals surface area (Å²) in [7, 11) is 16.7. The first-order valence-corrected chi connectivity index (χ1v) is 18.4. The average molecular weight is 767 g/mol. The molecule has 0 spiro atoms. The van der Waals surface area contributed by atoms with Crippen molar-refractivity contribution in [3.8, 4) is 57.5 Å². The third-order valence-corrected chi connectivity index (χ3v) is 10.1. The van der Waals surface area contributed by atoms with Crippen molar-refractivity contribution in [2.45, 2.75) is 39.0 Å². The Morgan fingerprint density at radius 1 is 0.268 bits per heavy atom.